The topological polar surface area (TPSA) is 0 Å². The van der Waals surface area contributed by atoms with Crippen LogP contribution in [0.15, 0.2) is 133 Å². The van der Waals surface area contributed by atoms with Gasteiger partial charge in [-0.15, -0.1) is 0 Å². The van der Waals surface area contributed by atoms with Gasteiger partial charge in [0.15, 0.2) is 0 Å². The van der Waals surface area contributed by atoms with Crippen molar-refractivity contribution in [3.8, 4) is 0 Å². The fraction of sp³-hybridized carbons (Fsp3) is 0.333. The Balaban J connectivity index is 0.000000191. The monoisotopic (exact) mass is 754 g/mol. The fourth-order valence-electron chi connectivity index (χ4n) is 7.93. The van der Waals surface area contributed by atoms with Crippen LogP contribution in [0.2, 0.25) is 0 Å². The Hall–Kier alpha value is -2.18. The minimum Gasteiger partial charge on any atom is -0.0622 e. The quantitative estimate of drug-likeness (QED) is 0.182. The van der Waals surface area contributed by atoms with E-state index in [9.17, 15) is 0 Å². The summed E-state index contributed by atoms with van der Waals surface area (Å²) in [6.45, 7) is 0. The van der Waals surface area contributed by atoms with Crippen molar-refractivity contribution in [3.05, 3.63) is 171 Å². The molecule has 4 aliphatic rings. The van der Waals surface area contributed by atoms with E-state index >= 15 is 0 Å². The van der Waals surface area contributed by atoms with Gasteiger partial charge in [0.05, 0.1) is 0 Å². The first-order valence-corrected chi connectivity index (χ1v) is 23.7. The molecule has 0 bridgehead atoms. The summed E-state index contributed by atoms with van der Waals surface area (Å²) in [6.07, 6.45) is 20.5. The molecule has 0 saturated heterocycles. The predicted molar refractivity (Wildman–Crippen MR) is 210 cm³/mol. The molecule has 4 aromatic carbocycles. The maximum absolute atomic E-state index is 4.93. The van der Waals surface area contributed by atoms with Gasteiger partial charge in [-0.2, -0.15) is 0 Å². The number of fused-ring (bicyclic) bond motifs is 1. The minimum absolute atomic E-state index is 0. The molecule has 0 nitrogen and oxygen atoms in total. The van der Waals surface area contributed by atoms with Gasteiger partial charge in [0.25, 0.3) is 0 Å². The van der Waals surface area contributed by atoms with Gasteiger partial charge >= 0.3 is 37.9 Å². The van der Waals surface area contributed by atoms with Crippen LogP contribution in [0, 0.1) is 26.7 Å². The third-order valence-electron chi connectivity index (χ3n) is 10.3. The number of rotatable bonds is 4. The largest absolute Gasteiger partial charge is 0.0622 e. The second kappa shape index (κ2) is 22.5. The van der Waals surface area contributed by atoms with Crippen LogP contribution in [0.3, 0.4) is 0 Å². The van der Waals surface area contributed by atoms with Gasteiger partial charge in [0, 0.05) is 0 Å². The smallest absolute Gasteiger partial charge is 0.0156 e. The van der Waals surface area contributed by atoms with Gasteiger partial charge < -0.3 is 14.9 Å². The average molecular weight is 757 g/mol. The van der Waals surface area contributed by atoms with E-state index in [0.717, 1.165) is 18.3 Å². The van der Waals surface area contributed by atoms with E-state index in [0.29, 0.717) is 0 Å². The first-order chi connectivity index (χ1) is 22.7. The SMILES string of the molecule is C1=C(c2ccccc2)C=C(c2ccccc2)C1.C1CCC2CCCC2C1.[CH3-].[CH3-].[Cl][Zr+2][Cl].c1ccc(C2CCC(c3ccccc3)C2)cc1. The summed E-state index contributed by atoms with van der Waals surface area (Å²) in [6, 6.07) is 43.1. The molecule has 4 aliphatic carbocycles. The van der Waals surface area contributed by atoms with Crippen LogP contribution in [0.4, 0.5) is 0 Å². The van der Waals surface area contributed by atoms with Crippen LogP contribution in [-0.2, 0) is 20.8 Å². The van der Waals surface area contributed by atoms with Gasteiger partial charge in [-0.25, -0.2) is 0 Å². The van der Waals surface area contributed by atoms with E-state index in [1.54, 1.807) is 25.7 Å². The molecular weight excluding hydrogens is 703 g/mol. The number of benzene rings is 4. The molecule has 3 fully saturated rings. The average Bonchev–Trinajstić information content (AvgIpc) is 3.93. The van der Waals surface area contributed by atoms with Crippen LogP contribution >= 0.6 is 17.0 Å². The van der Waals surface area contributed by atoms with Crippen LogP contribution in [0.1, 0.15) is 105 Å². The molecule has 4 unspecified atom stereocenters. The summed E-state index contributed by atoms with van der Waals surface area (Å²) < 4.78 is 0. The zero-order valence-corrected chi connectivity index (χ0v) is 33.0. The molecule has 3 saturated carbocycles. The van der Waals surface area contributed by atoms with Crippen molar-refractivity contribution in [1.29, 1.82) is 0 Å². The third-order valence-corrected chi connectivity index (χ3v) is 10.3. The summed E-state index contributed by atoms with van der Waals surface area (Å²) in [5.74, 6) is 3.86. The first-order valence-electron chi connectivity index (χ1n) is 17.3. The standard InChI is InChI=1S/C17H18.C17H14.C9H16.2CH3.2ClH.Zr/c2*1-3-7-14(8-4-1)16-11-12-17(13-16)15-9-5-2-6-10-15;1-2-5-9-7-3-6-8(9)4-1;;;;;/h1-10,16-17H,11-13H2;1-11,13H,12H2;8-9H,1-7H2;2*1H3;2*1H;/q;;;2*-1;;;+4/p-2. The van der Waals surface area contributed by atoms with Crippen molar-refractivity contribution in [2.24, 2.45) is 11.8 Å². The Morgan fingerprint density at radius 3 is 1.33 bits per heavy atom. The number of hydrogen-bond donors (Lipinski definition) is 0. The van der Waals surface area contributed by atoms with Gasteiger partial charge in [0.1, 0.15) is 0 Å². The fourth-order valence-corrected chi connectivity index (χ4v) is 7.93. The zero-order valence-electron chi connectivity index (χ0n) is 29.0. The number of halogens is 2. The van der Waals surface area contributed by atoms with E-state index in [1.165, 1.54) is 83.8 Å². The second-order valence-electron chi connectivity index (χ2n) is 13.1. The molecule has 8 rings (SSSR count). The van der Waals surface area contributed by atoms with Crippen molar-refractivity contribution >= 4 is 28.2 Å². The normalized spacial score (nSPS) is 21.7. The van der Waals surface area contributed by atoms with Crippen LogP contribution in [-0.4, -0.2) is 0 Å². The van der Waals surface area contributed by atoms with E-state index in [2.05, 4.69) is 133 Å². The summed E-state index contributed by atoms with van der Waals surface area (Å²) in [5, 5.41) is 0. The molecule has 3 heteroatoms. The molecule has 0 heterocycles. The molecule has 0 amide bonds. The van der Waals surface area contributed by atoms with Crippen LogP contribution < -0.4 is 0 Å². The van der Waals surface area contributed by atoms with Gasteiger partial charge in [0.2, 0.25) is 0 Å². The van der Waals surface area contributed by atoms with Crippen molar-refractivity contribution in [2.75, 3.05) is 0 Å². The van der Waals surface area contributed by atoms with Crippen molar-refractivity contribution < 1.29 is 20.8 Å². The zero-order chi connectivity index (χ0) is 31.8. The Morgan fingerprint density at radius 1 is 0.479 bits per heavy atom. The van der Waals surface area contributed by atoms with E-state index in [-0.39, 0.29) is 14.9 Å². The summed E-state index contributed by atoms with van der Waals surface area (Å²) in [7, 11) is 9.87. The first kappa shape index (κ1) is 40.3. The second-order valence-corrected chi connectivity index (χ2v) is 16.8. The molecule has 0 aromatic heterocycles. The Kier molecular flexibility index (Phi) is 18.9. The maximum Gasteiger partial charge on any atom is -0.0156 e. The Labute approximate surface area is 311 Å². The maximum atomic E-state index is 4.93. The van der Waals surface area contributed by atoms with E-state index in [1.807, 2.05) is 0 Å². The van der Waals surface area contributed by atoms with Crippen molar-refractivity contribution in [1.82, 2.24) is 0 Å². The Morgan fingerprint density at radius 2 is 0.875 bits per heavy atom. The van der Waals surface area contributed by atoms with Gasteiger partial charge in [-0.05, 0) is 82.8 Å². The molecule has 0 spiro atoms. The van der Waals surface area contributed by atoms with Crippen molar-refractivity contribution in [3.63, 3.8) is 0 Å². The summed E-state index contributed by atoms with van der Waals surface area (Å²) in [5.41, 5.74) is 8.42. The molecule has 48 heavy (non-hydrogen) atoms. The van der Waals surface area contributed by atoms with E-state index < -0.39 is 20.8 Å². The molecular formula is C45H54Cl2Zr. The third kappa shape index (κ3) is 12.3. The van der Waals surface area contributed by atoms with E-state index in [4.69, 9.17) is 17.0 Å². The molecule has 0 N–H and O–H groups in total. The number of hydrogen-bond acceptors (Lipinski definition) is 0. The van der Waals surface area contributed by atoms with Gasteiger partial charge in [-0.1, -0.05) is 178 Å². The molecule has 252 valence electrons. The summed E-state index contributed by atoms with van der Waals surface area (Å²) >= 11 is -0.826. The number of allylic oxidation sites excluding steroid dienone is 4. The molecule has 0 radical (unpaired) electrons. The molecule has 0 aliphatic heterocycles. The minimum atomic E-state index is -0.826. The van der Waals surface area contributed by atoms with Gasteiger partial charge in [-0.3, -0.25) is 0 Å². The van der Waals surface area contributed by atoms with Crippen molar-refractivity contribution in [2.45, 2.75) is 82.5 Å². The van der Waals surface area contributed by atoms with Crippen LogP contribution in [0.25, 0.3) is 11.1 Å². The molecule has 4 aromatic rings. The predicted octanol–water partition coefficient (Wildman–Crippen LogP) is 14.5. The molecule has 4 atom stereocenters. The Bertz CT molecular complexity index is 1410. The summed E-state index contributed by atoms with van der Waals surface area (Å²) in [4.78, 5) is 0. The van der Waals surface area contributed by atoms with Crippen LogP contribution in [0.5, 0.6) is 0 Å².